The Hall–Kier alpha value is -1.07. The zero-order valence-electron chi connectivity index (χ0n) is 16.4. The Morgan fingerprint density at radius 3 is 1.96 bits per heavy atom. The second-order valence-electron chi connectivity index (χ2n) is 8.59. The fraction of sp³-hybridized carbons (Fsp3) is 0.850. The number of hydrogen-bond donors (Lipinski definition) is 2. The Labute approximate surface area is 151 Å². The van der Waals surface area contributed by atoms with Gasteiger partial charge in [-0.25, -0.2) is 0 Å². The maximum Gasteiger partial charge on any atom is 0.185 e. The van der Waals surface area contributed by atoms with Crippen LogP contribution in [0.15, 0.2) is 0 Å². The van der Waals surface area contributed by atoms with Gasteiger partial charge in [0, 0.05) is 5.92 Å². The molecule has 0 saturated heterocycles. The first-order valence-electron chi connectivity index (χ1n) is 9.46. The van der Waals surface area contributed by atoms with Crippen molar-refractivity contribution >= 4 is 17.3 Å². The number of aliphatic hydroxyl groups is 2. The standard InChI is InChI=1S/C20H34O5/c1-11(2)7-9-14-18(23)16(17(22)13(5)6)19(24)20(14,25)15(21)10-8-12(3)4/h11-16,21,25H,7-10H2,1-6H3/t14-,15-,16?,20-/m1/s1. The zero-order chi connectivity index (χ0) is 19.5. The minimum absolute atomic E-state index is 0.230. The quantitative estimate of drug-likeness (QED) is 0.621. The molecule has 144 valence electrons. The van der Waals surface area contributed by atoms with Crippen molar-refractivity contribution in [1.29, 1.82) is 0 Å². The molecule has 1 unspecified atom stereocenters. The summed E-state index contributed by atoms with van der Waals surface area (Å²) in [5.74, 6) is -4.10. The summed E-state index contributed by atoms with van der Waals surface area (Å²) in [5, 5.41) is 21.7. The van der Waals surface area contributed by atoms with Gasteiger partial charge in [-0.15, -0.1) is 0 Å². The lowest BCUT2D eigenvalue weighted by Gasteiger charge is -2.33. The average Bonchev–Trinajstić information content (AvgIpc) is 2.69. The van der Waals surface area contributed by atoms with E-state index >= 15 is 0 Å². The molecule has 1 aliphatic carbocycles. The van der Waals surface area contributed by atoms with Gasteiger partial charge in [0.2, 0.25) is 0 Å². The summed E-state index contributed by atoms with van der Waals surface area (Å²) >= 11 is 0. The lowest BCUT2D eigenvalue weighted by molar-refractivity contribution is -0.158. The van der Waals surface area contributed by atoms with E-state index in [-0.39, 0.29) is 6.42 Å². The number of hydrogen-bond acceptors (Lipinski definition) is 5. The van der Waals surface area contributed by atoms with Gasteiger partial charge in [-0.05, 0) is 31.1 Å². The van der Waals surface area contributed by atoms with E-state index in [1.807, 2.05) is 27.7 Å². The molecular formula is C20H34O5. The fourth-order valence-corrected chi connectivity index (χ4v) is 3.52. The largest absolute Gasteiger partial charge is 0.390 e. The van der Waals surface area contributed by atoms with Crippen LogP contribution in [0.2, 0.25) is 0 Å². The maximum atomic E-state index is 12.9. The van der Waals surface area contributed by atoms with Crippen molar-refractivity contribution < 1.29 is 24.6 Å². The molecule has 5 heteroatoms. The van der Waals surface area contributed by atoms with Crippen LogP contribution in [0.1, 0.15) is 67.2 Å². The average molecular weight is 354 g/mol. The summed E-state index contributed by atoms with van der Waals surface area (Å²) in [6, 6.07) is 0. The van der Waals surface area contributed by atoms with Gasteiger partial charge in [0.05, 0.1) is 12.0 Å². The Balaban J connectivity index is 3.20. The van der Waals surface area contributed by atoms with Gasteiger partial charge in [0.25, 0.3) is 0 Å². The van der Waals surface area contributed by atoms with E-state index in [0.29, 0.717) is 31.1 Å². The number of carbonyl (C=O) groups excluding carboxylic acids is 3. The Morgan fingerprint density at radius 2 is 1.52 bits per heavy atom. The zero-order valence-corrected chi connectivity index (χ0v) is 16.4. The molecule has 0 radical (unpaired) electrons. The van der Waals surface area contributed by atoms with E-state index in [9.17, 15) is 24.6 Å². The highest BCUT2D eigenvalue weighted by atomic mass is 16.4. The van der Waals surface area contributed by atoms with E-state index in [0.717, 1.165) is 0 Å². The summed E-state index contributed by atoms with van der Waals surface area (Å²) in [6.07, 6.45) is 0.483. The predicted molar refractivity (Wildman–Crippen MR) is 95.9 cm³/mol. The van der Waals surface area contributed by atoms with Crippen LogP contribution in [0.4, 0.5) is 0 Å². The molecule has 1 aliphatic rings. The number of ketones is 3. The number of Topliss-reactive ketones (excluding diaryl/α,β-unsaturated/α-hetero) is 3. The normalized spacial score (nSPS) is 28.4. The number of aliphatic hydroxyl groups excluding tert-OH is 1. The highest BCUT2D eigenvalue weighted by Gasteiger charge is 2.64. The summed E-state index contributed by atoms with van der Waals surface area (Å²) in [4.78, 5) is 38.1. The van der Waals surface area contributed by atoms with E-state index in [2.05, 4.69) is 0 Å². The van der Waals surface area contributed by atoms with Crippen molar-refractivity contribution in [1.82, 2.24) is 0 Å². The first kappa shape index (κ1) is 22.0. The second kappa shape index (κ2) is 8.54. The third-order valence-corrected chi connectivity index (χ3v) is 5.23. The van der Waals surface area contributed by atoms with Crippen LogP contribution in [-0.2, 0) is 14.4 Å². The number of rotatable bonds is 9. The summed E-state index contributed by atoms with van der Waals surface area (Å²) < 4.78 is 0. The van der Waals surface area contributed by atoms with Crippen molar-refractivity contribution in [3.63, 3.8) is 0 Å². The summed E-state index contributed by atoms with van der Waals surface area (Å²) in [5.41, 5.74) is -2.14. The van der Waals surface area contributed by atoms with Crippen LogP contribution in [-0.4, -0.2) is 39.3 Å². The molecule has 0 aromatic carbocycles. The predicted octanol–water partition coefficient (Wildman–Crippen LogP) is 2.56. The van der Waals surface area contributed by atoms with Gasteiger partial charge in [-0.1, -0.05) is 48.0 Å². The molecule has 1 saturated carbocycles. The summed E-state index contributed by atoms with van der Waals surface area (Å²) in [7, 11) is 0. The van der Waals surface area contributed by atoms with Gasteiger partial charge in [-0.3, -0.25) is 14.4 Å². The van der Waals surface area contributed by atoms with Crippen molar-refractivity contribution in [3.8, 4) is 0 Å². The first-order valence-corrected chi connectivity index (χ1v) is 9.46. The van der Waals surface area contributed by atoms with Crippen molar-refractivity contribution in [2.75, 3.05) is 0 Å². The van der Waals surface area contributed by atoms with Crippen LogP contribution < -0.4 is 0 Å². The van der Waals surface area contributed by atoms with Crippen LogP contribution >= 0.6 is 0 Å². The Kier molecular flexibility index (Phi) is 7.51. The molecule has 1 fully saturated rings. The van der Waals surface area contributed by atoms with Gasteiger partial charge in [-0.2, -0.15) is 0 Å². The van der Waals surface area contributed by atoms with E-state index in [1.165, 1.54) is 0 Å². The molecule has 0 aromatic heterocycles. The third-order valence-electron chi connectivity index (χ3n) is 5.23. The molecule has 0 heterocycles. The van der Waals surface area contributed by atoms with Crippen LogP contribution in [0.25, 0.3) is 0 Å². The van der Waals surface area contributed by atoms with E-state index in [4.69, 9.17) is 0 Å². The molecular weight excluding hydrogens is 320 g/mol. The minimum atomic E-state index is -2.14. The molecule has 25 heavy (non-hydrogen) atoms. The molecule has 0 aliphatic heterocycles. The van der Waals surface area contributed by atoms with Gasteiger partial charge < -0.3 is 10.2 Å². The third kappa shape index (κ3) is 4.56. The van der Waals surface area contributed by atoms with Crippen LogP contribution in [0.5, 0.6) is 0 Å². The van der Waals surface area contributed by atoms with Crippen LogP contribution in [0.3, 0.4) is 0 Å². The Morgan fingerprint density at radius 1 is 1.00 bits per heavy atom. The highest BCUT2D eigenvalue weighted by molar-refractivity contribution is 6.27. The highest BCUT2D eigenvalue weighted by Crippen LogP contribution is 2.42. The molecule has 1 rings (SSSR count). The lowest BCUT2D eigenvalue weighted by atomic mass is 9.78. The van der Waals surface area contributed by atoms with Gasteiger partial charge >= 0.3 is 0 Å². The molecule has 0 bridgehead atoms. The first-order chi connectivity index (χ1) is 11.4. The summed E-state index contributed by atoms with van der Waals surface area (Å²) in [6.45, 7) is 11.2. The second-order valence-corrected chi connectivity index (χ2v) is 8.59. The fourth-order valence-electron chi connectivity index (χ4n) is 3.52. The molecule has 2 N–H and O–H groups in total. The Bertz CT molecular complexity index is 508. The van der Waals surface area contributed by atoms with Gasteiger partial charge in [0.1, 0.15) is 5.92 Å². The molecule has 0 aromatic rings. The molecule has 0 spiro atoms. The van der Waals surface area contributed by atoms with Crippen LogP contribution in [0, 0.1) is 29.6 Å². The molecule has 5 nitrogen and oxygen atoms in total. The van der Waals surface area contributed by atoms with E-state index in [1.54, 1.807) is 13.8 Å². The number of carbonyl (C=O) groups is 3. The van der Waals surface area contributed by atoms with Gasteiger partial charge in [0.15, 0.2) is 23.0 Å². The van der Waals surface area contributed by atoms with Crippen molar-refractivity contribution in [3.05, 3.63) is 0 Å². The molecule has 0 amide bonds. The topological polar surface area (TPSA) is 91.7 Å². The van der Waals surface area contributed by atoms with Crippen molar-refractivity contribution in [2.45, 2.75) is 78.9 Å². The minimum Gasteiger partial charge on any atom is -0.390 e. The van der Waals surface area contributed by atoms with E-state index < -0.39 is 46.8 Å². The SMILES string of the molecule is CC(C)CC[C@@H](O)[C@@]1(O)C(=O)C(C(=O)C(C)C)C(=O)[C@H]1CCC(C)C. The van der Waals surface area contributed by atoms with Crippen molar-refractivity contribution in [2.24, 2.45) is 29.6 Å². The smallest absolute Gasteiger partial charge is 0.185 e. The molecule has 4 atom stereocenters. The monoisotopic (exact) mass is 354 g/mol. The maximum absolute atomic E-state index is 12.9. The lowest BCUT2D eigenvalue weighted by Crippen LogP contribution is -2.52.